The number of rotatable bonds is 5. The Bertz CT molecular complexity index is 1190. The van der Waals surface area contributed by atoms with Gasteiger partial charge in [-0.15, -0.1) is 0 Å². The highest BCUT2D eigenvalue weighted by atomic mass is 16.5. The van der Waals surface area contributed by atoms with Gasteiger partial charge in [0.25, 0.3) is 0 Å². The van der Waals surface area contributed by atoms with Gasteiger partial charge in [-0.2, -0.15) is 0 Å². The molecular formula is C27H29N3O5. The number of imide groups is 1. The summed E-state index contributed by atoms with van der Waals surface area (Å²) in [6.45, 7) is 6.55. The van der Waals surface area contributed by atoms with Crippen LogP contribution < -0.4 is 10.2 Å². The molecule has 0 aromatic heterocycles. The van der Waals surface area contributed by atoms with E-state index in [-0.39, 0.29) is 18.9 Å². The summed E-state index contributed by atoms with van der Waals surface area (Å²) in [5.41, 5.74) is 1.88. The summed E-state index contributed by atoms with van der Waals surface area (Å²) in [5, 5.41) is 2.86. The molecule has 3 saturated heterocycles. The van der Waals surface area contributed by atoms with E-state index in [0.29, 0.717) is 18.8 Å². The molecule has 0 radical (unpaired) electrons. The van der Waals surface area contributed by atoms with Crippen molar-refractivity contribution in [2.75, 3.05) is 24.6 Å². The molecule has 3 heterocycles. The molecule has 3 aliphatic heterocycles. The first-order chi connectivity index (χ1) is 16.8. The molecule has 35 heavy (non-hydrogen) atoms. The molecule has 4 atom stereocenters. The standard InChI is InChI=1S/C27H29N3O5/c1-4-35-20(31)15-27-22-21(24(32)30(25(22)33)19-11-7-17(3)8-12-19)23(18-9-5-16(2)6-10-18)29(27)14-13-28-26(27)34/h5-12,21-23H,4,13-15H2,1-3H3,(H,28,34)/t21-,22+,23+,27-/m0/s1. The van der Waals surface area contributed by atoms with Crippen LogP contribution in [0.1, 0.15) is 36.1 Å². The number of aryl methyl sites for hydroxylation is 2. The second-order valence-electron chi connectivity index (χ2n) is 9.56. The minimum absolute atomic E-state index is 0.161. The van der Waals surface area contributed by atoms with E-state index in [0.717, 1.165) is 16.7 Å². The summed E-state index contributed by atoms with van der Waals surface area (Å²) >= 11 is 0. The van der Waals surface area contributed by atoms with Crippen molar-refractivity contribution in [2.45, 2.75) is 38.8 Å². The number of fused-ring (bicyclic) bond motifs is 3. The molecule has 0 unspecified atom stereocenters. The molecule has 5 rings (SSSR count). The summed E-state index contributed by atoms with van der Waals surface area (Å²) in [7, 11) is 0. The fourth-order valence-electron chi connectivity index (χ4n) is 6.01. The molecule has 0 spiro atoms. The second-order valence-corrected chi connectivity index (χ2v) is 9.56. The monoisotopic (exact) mass is 475 g/mol. The van der Waals surface area contributed by atoms with E-state index < -0.39 is 41.2 Å². The molecule has 3 fully saturated rings. The molecule has 8 nitrogen and oxygen atoms in total. The first-order valence-corrected chi connectivity index (χ1v) is 12.0. The number of carbonyl (C=O) groups is 4. The number of amides is 3. The maximum atomic E-state index is 14.0. The third-order valence-electron chi connectivity index (χ3n) is 7.52. The van der Waals surface area contributed by atoms with Gasteiger partial charge in [0.05, 0.1) is 30.6 Å². The fourth-order valence-corrected chi connectivity index (χ4v) is 6.01. The normalized spacial score (nSPS) is 28.0. The molecule has 0 aliphatic carbocycles. The van der Waals surface area contributed by atoms with Crippen molar-refractivity contribution in [2.24, 2.45) is 11.8 Å². The van der Waals surface area contributed by atoms with Gasteiger partial charge < -0.3 is 10.1 Å². The largest absolute Gasteiger partial charge is 0.466 e. The fraction of sp³-hybridized carbons (Fsp3) is 0.407. The topological polar surface area (TPSA) is 96.0 Å². The Labute approximate surface area is 204 Å². The SMILES string of the molecule is CCOC(=O)C[C@]12C(=O)NCCN1[C@H](c1ccc(C)cc1)[C@H]1C(=O)N(c3ccc(C)cc3)C(=O)[C@@H]12. The zero-order valence-electron chi connectivity index (χ0n) is 20.1. The number of piperazine rings is 1. The highest BCUT2D eigenvalue weighted by molar-refractivity contribution is 6.24. The van der Waals surface area contributed by atoms with Crippen LogP contribution in [0.2, 0.25) is 0 Å². The summed E-state index contributed by atoms with van der Waals surface area (Å²) in [4.78, 5) is 57.5. The van der Waals surface area contributed by atoms with E-state index in [9.17, 15) is 19.2 Å². The summed E-state index contributed by atoms with van der Waals surface area (Å²) in [6.07, 6.45) is -0.295. The number of ether oxygens (including phenoxy) is 1. The Morgan fingerprint density at radius 2 is 1.63 bits per heavy atom. The predicted octanol–water partition coefficient (Wildman–Crippen LogP) is 2.29. The molecule has 2 aromatic carbocycles. The second kappa shape index (κ2) is 8.61. The number of nitrogens with zero attached hydrogens (tertiary/aromatic N) is 2. The Balaban J connectivity index is 1.69. The zero-order valence-corrected chi connectivity index (χ0v) is 20.1. The van der Waals surface area contributed by atoms with Gasteiger partial charge in [-0.25, -0.2) is 4.90 Å². The molecule has 3 aliphatic rings. The van der Waals surface area contributed by atoms with Crippen LogP contribution in [0.25, 0.3) is 0 Å². The zero-order chi connectivity index (χ0) is 24.9. The number of nitrogens with one attached hydrogen (secondary N) is 1. The third kappa shape index (κ3) is 3.46. The molecule has 1 N–H and O–H groups in total. The lowest BCUT2D eigenvalue weighted by atomic mass is 9.76. The summed E-state index contributed by atoms with van der Waals surface area (Å²) in [6, 6.07) is 14.4. The summed E-state index contributed by atoms with van der Waals surface area (Å²) in [5.74, 6) is -3.58. The Morgan fingerprint density at radius 3 is 2.26 bits per heavy atom. The number of anilines is 1. The van der Waals surface area contributed by atoms with Gasteiger partial charge in [0.15, 0.2) is 0 Å². The van der Waals surface area contributed by atoms with E-state index in [4.69, 9.17) is 4.74 Å². The van der Waals surface area contributed by atoms with Crippen LogP contribution in [-0.2, 0) is 23.9 Å². The third-order valence-corrected chi connectivity index (χ3v) is 7.52. The molecule has 2 aromatic rings. The van der Waals surface area contributed by atoms with Crippen molar-refractivity contribution in [1.29, 1.82) is 0 Å². The maximum Gasteiger partial charge on any atom is 0.308 e. The van der Waals surface area contributed by atoms with E-state index in [2.05, 4.69) is 5.32 Å². The maximum absolute atomic E-state index is 14.0. The Morgan fingerprint density at radius 1 is 1.00 bits per heavy atom. The number of benzene rings is 2. The lowest BCUT2D eigenvalue weighted by molar-refractivity contribution is -0.156. The first kappa shape index (κ1) is 23.2. The number of hydrogen-bond donors (Lipinski definition) is 1. The highest BCUT2D eigenvalue weighted by Crippen LogP contribution is 2.57. The number of esters is 1. The van der Waals surface area contributed by atoms with Gasteiger partial charge in [-0.1, -0.05) is 47.5 Å². The molecule has 3 amide bonds. The number of hydrogen-bond acceptors (Lipinski definition) is 6. The molecule has 0 bridgehead atoms. The van der Waals surface area contributed by atoms with Gasteiger partial charge in [-0.05, 0) is 38.5 Å². The van der Waals surface area contributed by atoms with Crippen LogP contribution in [0, 0.1) is 25.7 Å². The van der Waals surface area contributed by atoms with E-state index in [1.165, 1.54) is 4.90 Å². The highest BCUT2D eigenvalue weighted by Gasteiger charge is 2.73. The van der Waals surface area contributed by atoms with Crippen LogP contribution in [0.15, 0.2) is 48.5 Å². The van der Waals surface area contributed by atoms with E-state index in [1.54, 1.807) is 19.1 Å². The lowest BCUT2D eigenvalue weighted by Gasteiger charge is -2.45. The van der Waals surface area contributed by atoms with E-state index in [1.807, 2.05) is 55.1 Å². The van der Waals surface area contributed by atoms with Crippen molar-refractivity contribution in [3.05, 3.63) is 65.2 Å². The van der Waals surface area contributed by atoms with Gasteiger partial charge in [-0.3, -0.25) is 24.1 Å². The minimum Gasteiger partial charge on any atom is -0.466 e. The van der Waals surface area contributed by atoms with Crippen molar-refractivity contribution in [3.63, 3.8) is 0 Å². The van der Waals surface area contributed by atoms with Gasteiger partial charge in [0, 0.05) is 19.1 Å². The lowest BCUT2D eigenvalue weighted by Crippen LogP contribution is -2.67. The molecule has 182 valence electrons. The van der Waals surface area contributed by atoms with Crippen molar-refractivity contribution >= 4 is 29.4 Å². The van der Waals surface area contributed by atoms with Crippen molar-refractivity contribution < 1.29 is 23.9 Å². The Hall–Kier alpha value is -3.52. The number of carbonyl (C=O) groups excluding carboxylic acids is 4. The Kier molecular flexibility index (Phi) is 5.71. The molecular weight excluding hydrogens is 446 g/mol. The van der Waals surface area contributed by atoms with Gasteiger partial charge >= 0.3 is 5.97 Å². The minimum atomic E-state index is -1.50. The average molecular weight is 476 g/mol. The van der Waals surface area contributed by atoms with E-state index >= 15 is 0 Å². The van der Waals surface area contributed by atoms with Crippen LogP contribution in [0.3, 0.4) is 0 Å². The van der Waals surface area contributed by atoms with Crippen LogP contribution >= 0.6 is 0 Å². The van der Waals surface area contributed by atoms with Gasteiger partial charge in [0.2, 0.25) is 17.7 Å². The van der Waals surface area contributed by atoms with Crippen LogP contribution in [0.5, 0.6) is 0 Å². The van der Waals surface area contributed by atoms with Crippen molar-refractivity contribution in [1.82, 2.24) is 10.2 Å². The summed E-state index contributed by atoms with van der Waals surface area (Å²) < 4.78 is 5.23. The quantitative estimate of drug-likeness (QED) is 0.527. The average Bonchev–Trinajstić information content (AvgIpc) is 3.26. The molecule has 8 heteroatoms. The predicted molar refractivity (Wildman–Crippen MR) is 128 cm³/mol. The van der Waals surface area contributed by atoms with Crippen LogP contribution in [-0.4, -0.2) is 53.8 Å². The molecule has 0 saturated carbocycles. The van der Waals surface area contributed by atoms with Gasteiger partial charge in [0.1, 0.15) is 5.54 Å². The smallest absolute Gasteiger partial charge is 0.308 e. The van der Waals surface area contributed by atoms with Crippen molar-refractivity contribution in [3.8, 4) is 0 Å². The first-order valence-electron chi connectivity index (χ1n) is 12.0. The van der Waals surface area contributed by atoms with Crippen LogP contribution in [0.4, 0.5) is 5.69 Å².